The molecular weight excluding hydrogens is 233 g/mol. The summed E-state index contributed by atoms with van der Waals surface area (Å²) in [5.41, 5.74) is 1.17. The van der Waals surface area contributed by atoms with Gasteiger partial charge in [-0.05, 0) is 31.2 Å². The Hall–Kier alpha value is -2.36. The summed E-state index contributed by atoms with van der Waals surface area (Å²) in [7, 11) is 0. The maximum absolute atomic E-state index is 13.4. The summed E-state index contributed by atoms with van der Waals surface area (Å²) < 4.78 is 19.3. The van der Waals surface area contributed by atoms with E-state index >= 15 is 0 Å². The van der Waals surface area contributed by atoms with Gasteiger partial charge in [0.15, 0.2) is 11.6 Å². The molecule has 0 atom stereocenters. The Morgan fingerprint density at radius 1 is 1.22 bits per heavy atom. The first-order valence-corrected chi connectivity index (χ1v) is 5.39. The van der Waals surface area contributed by atoms with Gasteiger partial charge in [0.2, 0.25) is 5.69 Å². The van der Waals surface area contributed by atoms with Crippen LogP contribution in [-0.2, 0) is 0 Å². The molecule has 0 aromatic heterocycles. The van der Waals surface area contributed by atoms with Crippen LogP contribution in [-0.4, -0.2) is 11.5 Å². The normalized spacial score (nSPS) is 10.1. The van der Waals surface area contributed by atoms with E-state index in [2.05, 4.69) is 6.72 Å². The van der Waals surface area contributed by atoms with Crippen LogP contribution < -0.4 is 4.74 Å². The molecule has 0 saturated heterocycles. The van der Waals surface area contributed by atoms with Gasteiger partial charge in [0, 0.05) is 11.6 Å². The highest BCUT2D eigenvalue weighted by Crippen LogP contribution is 2.28. The van der Waals surface area contributed by atoms with E-state index in [1.807, 2.05) is 0 Å². The molecule has 0 saturated carbocycles. The largest absolute Gasteiger partial charge is 0.619 e. The Bertz CT molecular complexity index is 596. The predicted octanol–water partition coefficient (Wildman–Crippen LogP) is 3.77. The molecule has 3 nitrogen and oxygen atoms in total. The molecule has 0 heterocycles. The van der Waals surface area contributed by atoms with Gasteiger partial charge in [0.05, 0.1) is 0 Å². The minimum absolute atomic E-state index is 0.151. The summed E-state index contributed by atoms with van der Waals surface area (Å²) in [6, 6.07) is 11.0. The standard InChI is InChI=1S/C14H12FNO2/c1-10-9-11(7-8-13(10)16(2)17)18-14-6-4-3-5-12(14)15/h3-9H,2H2,1H3. The average molecular weight is 245 g/mol. The summed E-state index contributed by atoms with van der Waals surface area (Å²) in [6.07, 6.45) is 0. The van der Waals surface area contributed by atoms with Gasteiger partial charge in [0.25, 0.3) is 0 Å². The lowest BCUT2D eigenvalue weighted by Gasteiger charge is -2.09. The molecule has 0 radical (unpaired) electrons. The van der Waals surface area contributed by atoms with Gasteiger partial charge in [-0.15, -0.1) is 0 Å². The number of rotatable bonds is 3. The van der Waals surface area contributed by atoms with Crippen molar-refractivity contribution >= 4 is 12.4 Å². The smallest absolute Gasteiger partial charge is 0.219 e. The van der Waals surface area contributed by atoms with E-state index in [0.29, 0.717) is 21.7 Å². The minimum atomic E-state index is -0.429. The maximum Gasteiger partial charge on any atom is 0.219 e. The SMILES string of the molecule is C=[N+]([O-])c1ccc(Oc2ccccc2F)cc1C. The zero-order valence-electron chi connectivity index (χ0n) is 9.89. The molecule has 92 valence electrons. The topological polar surface area (TPSA) is 35.3 Å². The Labute approximate surface area is 104 Å². The molecule has 0 fully saturated rings. The fourth-order valence-electron chi connectivity index (χ4n) is 1.63. The van der Waals surface area contributed by atoms with Crippen molar-refractivity contribution in [1.29, 1.82) is 0 Å². The Balaban J connectivity index is 2.29. The van der Waals surface area contributed by atoms with Crippen LogP contribution in [0.1, 0.15) is 5.56 Å². The third-order valence-electron chi connectivity index (χ3n) is 2.50. The summed E-state index contributed by atoms with van der Waals surface area (Å²) in [6.45, 7) is 5.04. The highest BCUT2D eigenvalue weighted by atomic mass is 19.1. The highest BCUT2D eigenvalue weighted by molar-refractivity contribution is 5.47. The predicted molar refractivity (Wildman–Crippen MR) is 68.1 cm³/mol. The van der Waals surface area contributed by atoms with Crippen molar-refractivity contribution in [1.82, 2.24) is 0 Å². The lowest BCUT2D eigenvalue weighted by Crippen LogP contribution is -1.94. The average Bonchev–Trinajstić information content (AvgIpc) is 2.32. The first-order chi connectivity index (χ1) is 8.58. The molecule has 4 heteroatoms. The van der Waals surface area contributed by atoms with Crippen LogP contribution in [0, 0.1) is 17.9 Å². The van der Waals surface area contributed by atoms with Crippen molar-refractivity contribution in [3.63, 3.8) is 0 Å². The molecule has 0 N–H and O–H groups in total. The second-order valence-electron chi connectivity index (χ2n) is 3.86. The fraction of sp³-hybridized carbons (Fsp3) is 0.0714. The number of halogens is 1. The van der Waals surface area contributed by atoms with Crippen molar-refractivity contribution in [3.8, 4) is 11.5 Å². The molecule has 0 aliphatic heterocycles. The van der Waals surface area contributed by atoms with Crippen molar-refractivity contribution in [2.75, 3.05) is 0 Å². The molecule has 0 bridgehead atoms. The van der Waals surface area contributed by atoms with E-state index in [1.54, 1.807) is 43.3 Å². The second-order valence-corrected chi connectivity index (χ2v) is 3.86. The summed E-state index contributed by atoms with van der Waals surface area (Å²) in [4.78, 5) is 0. The van der Waals surface area contributed by atoms with Crippen molar-refractivity contribution in [2.24, 2.45) is 0 Å². The third-order valence-corrected chi connectivity index (χ3v) is 2.50. The van der Waals surface area contributed by atoms with E-state index in [9.17, 15) is 9.60 Å². The zero-order chi connectivity index (χ0) is 13.1. The van der Waals surface area contributed by atoms with Crippen LogP contribution in [0.4, 0.5) is 10.1 Å². The molecule has 2 rings (SSSR count). The van der Waals surface area contributed by atoms with Crippen molar-refractivity contribution in [2.45, 2.75) is 6.92 Å². The quantitative estimate of drug-likeness (QED) is 0.357. The molecule has 0 spiro atoms. The Morgan fingerprint density at radius 2 is 1.94 bits per heavy atom. The molecule has 2 aromatic rings. The van der Waals surface area contributed by atoms with Gasteiger partial charge in [-0.2, -0.15) is 4.74 Å². The summed E-state index contributed by atoms with van der Waals surface area (Å²) in [5, 5.41) is 11.1. The maximum atomic E-state index is 13.4. The van der Waals surface area contributed by atoms with Crippen molar-refractivity contribution in [3.05, 3.63) is 59.1 Å². The number of hydrogen-bond donors (Lipinski definition) is 0. The fourth-order valence-corrected chi connectivity index (χ4v) is 1.63. The third kappa shape index (κ3) is 2.48. The van der Waals surface area contributed by atoms with Gasteiger partial charge in [-0.3, -0.25) is 0 Å². The highest BCUT2D eigenvalue weighted by Gasteiger charge is 2.08. The monoisotopic (exact) mass is 245 g/mol. The van der Waals surface area contributed by atoms with Crippen LogP contribution in [0.2, 0.25) is 0 Å². The molecule has 0 aliphatic rings. The first-order valence-electron chi connectivity index (χ1n) is 5.39. The minimum Gasteiger partial charge on any atom is -0.619 e. The van der Waals surface area contributed by atoms with Gasteiger partial charge in [-0.1, -0.05) is 12.1 Å². The molecule has 0 aliphatic carbocycles. The van der Waals surface area contributed by atoms with E-state index in [4.69, 9.17) is 4.74 Å². The van der Waals surface area contributed by atoms with Crippen LogP contribution in [0.5, 0.6) is 11.5 Å². The lowest BCUT2D eigenvalue weighted by molar-refractivity contribution is -0.350. The van der Waals surface area contributed by atoms with Crippen LogP contribution in [0.15, 0.2) is 42.5 Å². The van der Waals surface area contributed by atoms with E-state index in [1.165, 1.54) is 6.07 Å². The molecule has 2 aromatic carbocycles. The Kier molecular flexibility index (Phi) is 3.28. The van der Waals surface area contributed by atoms with Crippen LogP contribution >= 0.6 is 0 Å². The number of nitrogens with zero attached hydrogens (tertiary/aromatic N) is 1. The Morgan fingerprint density at radius 3 is 2.56 bits per heavy atom. The zero-order valence-corrected chi connectivity index (χ0v) is 9.89. The van der Waals surface area contributed by atoms with Crippen LogP contribution in [0.3, 0.4) is 0 Å². The number of hydrogen-bond acceptors (Lipinski definition) is 2. The summed E-state index contributed by atoms with van der Waals surface area (Å²) >= 11 is 0. The molecule has 0 amide bonds. The number of aryl methyl sites for hydroxylation is 1. The first kappa shape index (κ1) is 12.1. The van der Waals surface area contributed by atoms with E-state index in [-0.39, 0.29) is 5.75 Å². The number of ether oxygens (including phenoxy) is 1. The van der Waals surface area contributed by atoms with E-state index in [0.717, 1.165) is 0 Å². The van der Waals surface area contributed by atoms with Crippen LogP contribution in [0.25, 0.3) is 0 Å². The second kappa shape index (κ2) is 4.87. The molecular formula is C14H12FNO2. The lowest BCUT2D eigenvalue weighted by atomic mass is 10.2. The van der Waals surface area contributed by atoms with Crippen molar-refractivity contribution < 1.29 is 13.9 Å². The van der Waals surface area contributed by atoms with Gasteiger partial charge in [0.1, 0.15) is 12.5 Å². The van der Waals surface area contributed by atoms with Gasteiger partial charge >= 0.3 is 0 Å². The number of para-hydroxylation sites is 1. The van der Waals surface area contributed by atoms with Gasteiger partial charge < -0.3 is 9.94 Å². The van der Waals surface area contributed by atoms with Gasteiger partial charge in [-0.25, -0.2) is 4.39 Å². The molecule has 18 heavy (non-hydrogen) atoms. The number of benzene rings is 2. The summed E-state index contributed by atoms with van der Waals surface area (Å²) in [5.74, 6) is 0.197. The van der Waals surface area contributed by atoms with E-state index < -0.39 is 5.82 Å². The molecule has 0 unspecified atom stereocenters.